The number of likely N-dealkylation sites (N-methyl/N-ethyl adjacent to an activating group) is 1. The molecular formula is C16H23N3O3. The number of hydrogen-bond donors (Lipinski definition) is 2. The molecule has 6 nitrogen and oxygen atoms in total. The fourth-order valence-corrected chi connectivity index (χ4v) is 2.79. The van der Waals surface area contributed by atoms with Crippen molar-refractivity contribution in [1.29, 1.82) is 0 Å². The fourth-order valence-electron chi connectivity index (χ4n) is 2.79. The SMILES string of the molecule is CCNC(=O)[C@@H]1C[C@@H](N)CN1C(=O)c1ccc(OC)cc1C. The van der Waals surface area contributed by atoms with Crippen LogP contribution in [0, 0.1) is 6.92 Å². The van der Waals surface area contributed by atoms with Crippen LogP contribution in [0.5, 0.6) is 5.75 Å². The van der Waals surface area contributed by atoms with Crippen molar-refractivity contribution in [1.82, 2.24) is 10.2 Å². The lowest BCUT2D eigenvalue weighted by Crippen LogP contribution is -2.46. The van der Waals surface area contributed by atoms with Crippen LogP contribution in [0.25, 0.3) is 0 Å². The molecule has 1 fully saturated rings. The molecule has 1 aromatic rings. The van der Waals surface area contributed by atoms with Crippen molar-refractivity contribution >= 4 is 11.8 Å². The quantitative estimate of drug-likeness (QED) is 0.857. The maximum Gasteiger partial charge on any atom is 0.254 e. The number of benzene rings is 1. The Hall–Kier alpha value is -2.08. The highest BCUT2D eigenvalue weighted by Gasteiger charge is 2.38. The standard InChI is InChI=1S/C16H23N3O3/c1-4-18-15(20)14-8-11(17)9-19(14)16(21)13-6-5-12(22-3)7-10(13)2/h5-7,11,14H,4,8-9,17H2,1-3H3,(H,18,20)/t11-,14+/m1/s1. The summed E-state index contributed by atoms with van der Waals surface area (Å²) in [6.45, 7) is 4.64. The first-order valence-corrected chi connectivity index (χ1v) is 7.46. The van der Waals surface area contributed by atoms with Gasteiger partial charge in [-0.1, -0.05) is 0 Å². The predicted molar refractivity (Wildman–Crippen MR) is 83.8 cm³/mol. The van der Waals surface area contributed by atoms with Gasteiger partial charge >= 0.3 is 0 Å². The van der Waals surface area contributed by atoms with Crippen LogP contribution in [-0.4, -0.2) is 49.0 Å². The molecule has 1 saturated heterocycles. The zero-order valence-corrected chi connectivity index (χ0v) is 13.3. The molecule has 2 rings (SSSR count). The van der Waals surface area contributed by atoms with Crippen LogP contribution < -0.4 is 15.8 Å². The summed E-state index contributed by atoms with van der Waals surface area (Å²) in [7, 11) is 1.58. The van der Waals surface area contributed by atoms with Gasteiger partial charge in [-0.3, -0.25) is 9.59 Å². The molecule has 120 valence electrons. The number of nitrogens with two attached hydrogens (primary N) is 1. The molecule has 2 amide bonds. The Morgan fingerprint density at radius 2 is 2.18 bits per heavy atom. The van der Waals surface area contributed by atoms with E-state index in [0.717, 1.165) is 5.56 Å². The van der Waals surface area contributed by atoms with E-state index in [9.17, 15) is 9.59 Å². The van der Waals surface area contributed by atoms with E-state index in [-0.39, 0.29) is 17.9 Å². The Bertz CT molecular complexity index is 574. The molecule has 1 aromatic carbocycles. The zero-order chi connectivity index (χ0) is 16.3. The third-order valence-electron chi connectivity index (χ3n) is 3.91. The van der Waals surface area contributed by atoms with Gasteiger partial charge in [0.25, 0.3) is 5.91 Å². The van der Waals surface area contributed by atoms with E-state index in [2.05, 4.69) is 5.32 Å². The van der Waals surface area contributed by atoms with Crippen molar-refractivity contribution in [3.05, 3.63) is 29.3 Å². The van der Waals surface area contributed by atoms with Gasteiger partial charge in [0.05, 0.1) is 7.11 Å². The van der Waals surface area contributed by atoms with Gasteiger partial charge in [0.2, 0.25) is 5.91 Å². The lowest BCUT2D eigenvalue weighted by atomic mass is 10.1. The van der Waals surface area contributed by atoms with E-state index in [1.807, 2.05) is 19.9 Å². The Morgan fingerprint density at radius 3 is 2.77 bits per heavy atom. The molecule has 1 heterocycles. The summed E-state index contributed by atoms with van der Waals surface area (Å²) in [4.78, 5) is 26.5. The maximum absolute atomic E-state index is 12.8. The number of aryl methyl sites for hydroxylation is 1. The molecule has 3 N–H and O–H groups in total. The topological polar surface area (TPSA) is 84.7 Å². The van der Waals surface area contributed by atoms with Crippen LogP contribution in [0.4, 0.5) is 0 Å². The van der Waals surface area contributed by atoms with Crippen LogP contribution >= 0.6 is 0 Å². The molecular weight excluding hydrogens is 282 g/mol. The van der Waals surface area contributed by atoms with E-state index in [1.165, 1.54) is 0 Å². The normalized spacial score (nSPS) is 20.8. The fraction of sp³-hybridized carbons (Fsp3) is 0.500. The van der Waals surface area contributed by atoms with E-state index >= 15 is 0 Å². The summed E-state index contributed by atoms with van der Waals surface area (Å²) >= 11 is 0. The van der Waals surface area contributed by atoms with Crippen LogP contribution in [-0.2, 0) is 4.79 Å². The number of nitrogens with zero attached hydrogens (tertiary/aromatic N) is 1. The Balaban J connectivity index is 2.25. The number of hydrogen-bond acceptors (Lipinski definition) is 4. The highest BCUT2D eigenvalue weighted by molar-refractivity contribution is 5.99. The van der Waals surface area contributed by atoms with Gasteiger partial charge in [-0.25, -0.2) is 0 Å². The van der Waals surface area contributed by atoms with Crippen LogP contribution in [0.1, 0.15) is 29.3 Å². The minimum atomic E-state index is -0.496. The van der Waals surface area contributed by atoms with Gasteiger partial charge in [-0.2, -0.15) is 0 Å². The van der Waals surface area contributed by atoms with Crippen molar-refractivity contribution in [2.75, 3.05) is 20.2 Å². The second kappa shape index (κ2) is 6.79. The van der Waals surface area contributed by atoms with E-state index in [4.69, 9.17) is 10.5 Å². The average Bonchev–Trinajstić information content (AvgIpc) is 2.88. The van der Waals surface area contributed by atoms with Crippen molar-refractivity contribution < 1.29 is 14.3 Å². The molecule has 0 aliphatic carbocycles. The summed E-state index contributed by atoms with van der Waals surface area (Å²) in [5.41, 5.74) is 7.35. The lowest BCUT2D eigenvalue weighted by Gasteiger charge is -2.24. The minimum absolute atomic E-state index is 0.144. The number of methoxy groups -OCH3 is 1. The first-order valence-electron chi connectivity index (χ1n) is 7.46. The largest absolute Gasteiger partial charge is 0.497 e. The molecule has 0 unspecified atom stereocenters. The molecule has 0 aromatic heterocycles. The number of amides is 2. The van der Waals surface area contributed by atoms with Gasteiger partial charge in [0.1, 0.15) is 11.8 Å². The summed E-state index contributed by atoms with van der Waals surface area (Å²) in [5, 5.41) is 2.77. The predicted octanol–water partition coefficient (Wildman–Crippen LogP) is 0.682. The number of nitrogens with one attached hydrogen (secondary N) is 1. The molecule has 0 radical (unpaired) electrons. The number of carbonyl (C=O) groups excluding carboxylic acids is 2. The average molecular weight is 305 g/mol. The first-order chi connectivity index (χ1) is 10.5. The summed E-state index contributed by atoms with van der Waals surface area (Å²) in [5.74, 6) is 0.395. The first kappa shape index (κ1) is 16.3. The molecule has 0 bridgehead atoms. The molecule has 0 spiro atoms. The summed E-state index contributed by atoms with van der Waals surface area (Å²) < 4.78 is 5.15. The second-order valence-electron chi connectivity index (χ2n) is 5.54. The van der Waals surface area contributed by atoms with Crippen molar-refractivity contribution in [2.45, 2.75) is 32.4 Å². The highest BCUT2D eigenvalue weighted by atomic mass is 16.5. The molecule has 0 saturated carbocycles. The van der Waals surface area contributed by atoms with Gasteiger partial charge in [-0.05, 0) is 44.0 Å². The molecule has 1 aliphatic heterocycles. The van der Waals surface area contributed by atoms with E-state index < -0.39 is 6.04 Å². The Kier molecular flexibility index (Phi) is 5.03. The molecule has 2 atom stereocenters. The monoisotopic (exact) mass is 305 g/mol. The van der Waals surface area contributed by atoms with Gasteiger partial charge in [0.15, 0.2) is 0 Å². The number of rotatable bonds is 4. The van der Waals surface area contributed by atoms with Gasteiger partial charge < -0.3 is 20.7 Å². The van der Waals surface area contributed by atoms with Gasteiger partial charge in [0, 0.05) is 24.7 Å². The van der Waals surface area contributed by atoms with E-state index in [1.54, 1.807) is 24.1 Å². The maximum atomic E-state index is 12.8. The summed E-state index contributed by atoms with van der Waals surface area (Å²) in [6, 6.07) is 4.62. The van der Waals surface area contributed by atoms with Crippen molar-refractivity contribution in [2.24, 2.45) is 5.73 Å². The van der Waals surface area contributed by atoms with Crippen LogP contribution in [0.15, 0.2) is 18.2 Å². The highest BCUT2D eigenvalue weighted by Crippen LogP contribution is 2.23. The third kappa shape index (κ3) is 3.22. The van der Waals surface area contributed by atoms with Gasteiger partial charge in [-0.15, -0.1) is 0 Å². The Morgan fingerprint density at radius 1 is 1.45 bits per heavy atom. The van der Waals surface area contributed by atoms with E-state index in [0.29, 0.717) is 30.8 Å². The smallest absolute Gasteiger partial charge is 0.254 e. The Labute approximate surface area is 130 Å². The second-order valence-corrected chi connectivity index (χ2v) is 5.54. The molecule has 1 aliphatic rings. The summed E-state index contributed by atoms with van der Waals surface area (Å²) in [6.07, 6.45) is 0.493. The van der Waals surface area contributed by atoms with Crippen molar-refractivity contribution in [3.63, 3.8) is 0 Å². The van der Waals surface area contributed by atoms with Crippen LogP contribution in [0.2, 0.25) is 0 Å². The number of likely N-dealkylation sites (tertiary alicyclic amines) is 1. The number of carbonyl (C=O) groups is 2. The zero-order valence-electron chi connectivity index (χ0n) is 13.3. The third-order valence-corrected chi connectivity index (χ3v) is 3.91. The van der Waals surface area contributed by atoms with Crippen LogP contribution in [0.3, 0.4) is 0 Å². The minimum Gasteiger partial charge on any atom is -0.497 e. The number of ether oxygens (including phenoxy) is 1. The molecule has 22 heavy (non-hydrogen) atoms. The molecule has 6 heteroatoms. The lowest BCUT2D eigenvalue weighted by molar-refractivity contribution is -0.124. The van der Waals surface area contributed by atoms with Crippen molar-refractivity contribution in [3.8, 4) is 5.75 Å².